The Labute approximate surface area is 180 Å². The summed E-state index contributed by atoms with van der Waals surface area (Å²) in [5, 5.41) is 18.0. The van der Waals surface area contributed by atoms with Crippen LogP contribution < -0.4 is 4.74 Å². The minimum atomic E-state index is -4.54. The first-order valence-electron chi connectivity index (χ1n) is 9.65. The molecule has 0 atom stereocenters. The van der Waals surface area contributed by atoms with E-state index in [2.05, 4.69) is 21.3 Å². The van der Waals surface area contributed by atoms with Crippen LogP contribution in [0.25, 0.3) is 17.1 Å². The number of para-hydroxylation sites is 1. The molecule has 0 saturated heterocycles. The zero-order valence-corrected chi connectivity index (χ0v) is 16.8. The molecule has 1 aliphatic rings. The number of hydrogen-bond acceptors (Lipinski definition) is 5. The van der Waals surface area contributed by atoms with E-state index < -0.39 is 11.7 Å². The topological polar surface area (TPSA) is 81.6 Å². The van der Waals surface area contributed by atoms with E-state index in [9.17, 15) is 18.4 Å². The van der Waals surface area contributed by atoms with Crippen molar-refractivity contribution in [2.45, 2.75) is 26.3 Å². The number of alkyl halides is 3. The minimum absolute atomic E-state index is 0.221. The average Bonchev–Trinajstić information content (AvgIpc) is 3.33. The molecule has 0 bridgehead atoms. The van der Waals surface area contributed by atoms with Crippen LogP contribution in [0.2, 0.25) is 0 Å². The molecule has 0 saturated carbocycles. The van der Waals surface area contributed by atoms with Gasteiger partial charge in [-0.25, -0.2) is 4.98 Å². The predicted octanol–water partition coefficient (Wildman–Crippen LogP) is 4.27. The number of fused-ring (bicyclic) bond motifs is 5. The standard InChI is InChI=1S/C22H15F3N6O/c1-13-6-7-17-14(8-13)21-29-28-20(30(21)10-18-16(9-26)27-12-31(17)18)11-32-19-5-3-2-4-15(19)22(23,24)25/h2-8,12H,10-11H2,1H3. The van der Waals surface area contributed by atoms with Crippen molar-refractivity contribution in [1.82, 2.24) is 24.3 Å². The van der Waals surface area contributed by atoms with Crippen molar-refractivity contribution in [3.05, 3.63) is 77.1 Å². The molecule has 5 rings (SSSR count). The Hall–Kier alpha value is -4.13. The molecule has 4 aromatic rings. The average molecular weight is 436 g/mol. The lowest BCUT2D eigenvalue weighted by Gasteiger charge is -2.14. The van der Waals surface area contributed by atoms with Crippen LogP contribution >= 0.6 is 0 Å². The molecule has 32 heavy (non-hydrogen) atoms. The second-order valence-electron chi connectivity index (χ2n) is 7.35. The van der Waals surface area contributed by atoms with Crippen LogP contribution in [-0.2, 0) is 19.3 Å². The summed E-state index contributed by atoms with van der Waals surface area (Å²) < 4.78 is 49.0. The summed E-state index contributed by atoms with van der Waals surface area (Å²) in [4.78, 5) is 4.19. The van der Waals surface area contributed by atoms with Crippen molar-refractivity contribution < 1.29 is 17.9 Å². The number of rotatable bonds is 3. The fraction of sp³-hybridized carbons (Fsp3) is 0.182. The Morgan fingerprint density at radius 2 is 1.97 bits per heavy atom. The molecule has 10 heteroatoms. The number of hydrogen-bond donors (Lipinski definition) is 0. The zero-order valence-electron chi connectivity index (χ0n) is 16.8. The molecule has 2 aromatic heterocycles. The highest BCUT2D eigenvalue weighted by molar-refractivity contribution is 5.70. The molecule has 0 radical (unpaired) electrons. The first kappa shape index (κ1) is 19.8. The van der Waals surface area contributed by atoms with Gasteiger partial charge in [-0.15, -0.1) is 10.2 Å². The third-order valence-corrected chi connectivity index (χ3v) is 5.31. The van der Waals surface area contributed by atoms with Crippen molar-refractivity contribution in [2.24, 2.45) is 0 Å². The van der Waals surface area contributed by atoms with Gasteiger partial charge >= 0.3 is 6.18 Å². The monoisotopic (exact) mass is 436 g/mol. The second kappa shape index (κ2) is 7.23. The van der Waals surface area contributed by atoms with Crippen LogP contribution in [0.4, 0.5) is 13.2 Å². The lowest BCUT2D eigenvalue weighted by atomic mass is 10.1. The van der Waals surface area contributed by atoms with Gasteiger partial charge in [0.25, 0.3) is 0 Å². The summed E-state index contributed by atoms with van der Waals surface area (Å²) in [5.41, 5.74) is 2.60. The summed E-state index contributed by atoms with van der Waals surface area (Å²) >= 11 is 0. The third kappa shape index (κ3) is 3.19. The second-order valence-corrected chi connectivity index (χ2v) is 7.35. The Balaban J connectivity index is 1.58. The molecular weight excluding hydrogens is 421 g/mol. The summed E-state index contributed by atoms with van der Waals surface area (Å²) in [6.07, 6.45) is -2.96. The molecule has 3 heterocycles. The van der Waals surface area contributed by atoms with Gasteiger partial charge in [0, 0.05) is 5.56 Å². The van der Waals surface area contributed by atoms with E-state index in [0.29, 0.717) is 17.3 Å². The van der Waals surface area contributed by atoms with E-state index in [-0.39, 0.29) is 24.6 Å². The van der Waals surface area contributed by atoms with Gasteiger partial charge in [-0.3, -0.25) is 4.57 Å². The molecule has 0 unspecified atom stereocenters. The van der Waals surface area contributed by atoms with Gasteiger partial charge in [0.15, 0.2) is 17.3 Å². The van der Waals surface area contributed by atoms with Crippen molar-refractivity contribution in [3.63, 3.8) is 0 Å². The maximum absolute atomic E-state index is 13.3. The predicted molar refractivity (Wildman–Crippen MR) is 107 cm³/mol. The normalized spacial score (nSPS) is 12.3. The summed E-state index contributed by atoms with van der Waals surface area (Å²) in [6.45, 7) is 1.94. The number of benzene rings is 2. The van der Waals surface area contributed by atoms with E-state index in [1.54, 1.807) is 10.9 Å². The van der Waals surface area contributed by atoms with Crippen LogP contribution in [0, 0.1) is 18.3 Å². The van der Waals surface area contributed by atoms with E-state index in [4.69, 9.17) is 4.74 Å². The molecule has 0 fully saturated rings. The molecule has 0 N–H and O–H groups in total. The highest BCUT2D eigenvalue weighted by atomic mass is 19.4. The number of ether oxygens (including phenoxy) is 1. The highest BCUT2D eigenvalue weighted by Gasteiger charge is 2.34. The van der Waals surface area contributed by atoms with Gasteiger partial charge in [0.1, 0.15) is 24.8 Å². The molecular formula is C22H15F3N6O. The minimum Gasteiger partial charge on any atom is -0.485 e. The van der Waals surface area contributed by atoms with E-state index in [1.165, 1.54) is 18.2 Å². The molecule has 0 aliphatic carbocycles. The number of aromatic nitrogens is 5. The molecule has 0 amide bonds. The van der Waals surface area contributed by atoms with Crippen LogP contribution in [0.15, 0.2) is 48.8 Å². The zero-order chi connectivity index (χ0) is 22.5. The number of nitriles is 1. The van der Waals surface area contributed by atoms with Crippen LogP contribution in [0.5, 0.6) is 5.75 Å². The Bertz CT molecular complexity index is 1380. The Morgan fingerprint density at radius 3 is 2.75 bits per heavy atom. The van der Waals surface area contributed by atoms with E-state index in [1.807, 2.05) is 29.7 Å². The SMILES string of the molecule is Cc1ccc2c(c1)-c1nnc(COc3ccccc3C(F)(F)F)n1Cc1c(C#N)ncn1-2. The summed E-state index contributed by atoms with van der Waals surface area (Å²) in [5.74, 6) is 0.590. The molecule has 7 nitrogen and oxygen atoms in total. The van der Waals surface area contributed by atoms with Gasteiger partial charge in [-0.2, -0.15) is 18.4 Å². The van der Waals surface area contributed by atoms with Crippen LogP contribution in [0.3, 0.4) is 0 Å². The molecule has 0 spiro atoms. The van der Waals surface area contributed by atoms with Crippen molar-refractivity contribution in [2.75, 3.05) is 0 Å². The first-order valence-corrected chi connectivity index (χ1v) is 9.65. The fourth-order valence-corrected chi connectivity index (χ4v) is 3.79. The number of aryl methyl sites for hydroxylation is 1. The van der Waals surface area contributed by atoms with Gasteiger partial charge < -0.3 is 9.30 Å². The number of halogens is 3. The first-order chi connectivity index (χ1) is 15.4. The number of imidazole rings is 1. The summed E-state index contributed by atoms with van der Waals surface area (Å²) in [6, 6.07) is 12.9. The third-order valence-electron chi connectivity index (χ3n) is 5.31. The van der Waals surface area contributed by atoms with E-state index >= 15 is 0 Å². The van der Waals surface area contributed by atoms with Crippen LogP contribution in [0.1, 0.15) is 28.3 Å². The maximum Gasteiger partial charge on any atom is 0.419 e. The van der Waals surface area contributed by atoms with Crippen molar-refractivity contribution in [1.29, 1.82) is 5.26 Å². The quantitative estimate of drug-likeness (QED) is 0.422. The smallest absolute Gasteiger partial charge is 0.419 e. The molecule has 160 valence electrons. The lowest BCUT2D eigenvalue weighted by molar-refractivity contribution is -0.139. The van der Waals surface area contributed by atoms with E-state index in [0.717, 1.165) is 22.9 Å². The largest absolute Gasteiger partial charge is 0.485 e. The Morgan fingerprint density at radius 1 is 1.16 bits per heavy atom. The van der Waals surface area contributed by atoms with Crippen molar-refractivity contribution in [3.8, 4) is 28.9 Å². The van der Waals surface area contributed by atoms with Crippen molar-refractivity contribution >= 4 is 0 Å². The summed E-state index contributed by atoms with van der Waals surface area (Å²) in [7, 11) is 0. The van der Waals surface area contributed by atoms with Crippen LogP contribution in [-0.4, -0.2) is 24.3 Å². The number of nitrogens with zero attached hydrogens (tertiary/aromatic N) is 6. The Kier molecular flexibility index (Phi) is 4.48. The van der Waals surface area contributed by atoms with Gasteiger partial charge in [-0.1, -0.05) is 23.8 Å². The highest BCUT2D eigenvalue weighted by Crippen LogP contribution is 2.37. The van der Waals surface area contributed by atoms with Gasteiger partial charge in [-0.05, 0) is 31.2 Å². The molecule has 1 aliphatic heterocycles. The maximum atomic E-state index is 13.3. The van der Waals surface area contributed by atoms with Gasteiger partial charge in [0.2, 0.25) is 0 Å². The van der Waals surface area contributed by atoms with Gasteiger partial charge in [0.05, 0.1) is 23.5 Å². The lowest BCUT2D eigenvalue weighted by Crippen LogP contribution is -2.12. The fourth-order valence-electron chi connectivity index (χ4n) is 3.79. The molecule has 2 aromatic carbocycles.